The Morgan fingerprint density at radius 3 is 1.72 bits per heavy atom. The fraction of sp³-hybridized carbons (Fsp3) is 0.0345. The van der Waals surface area contributed by atoms with Gasteiger partial charge >= 0.3 is 0 Å². The van der Waals surface area contributed by atoms with Gasteiger partial charge in [0.05, 0.1) is 32.6 Å². The quantitative estimate of drug-likeness (QED) is 0.150. The van der Waals surface area contributed by atoms with Crippen molar-refractivity contribution in [2.24, 2.45) is 0 Å². The summed E-state index contributed by atoms with van der Waals surface area (Å²) in [5.74, 6) is 1.72. The van der Waals surface area contributed by atoms with Crippen molar-refractivity contribution in [1.82, 2.24) is 29.1 Å². The van der Waals surface area contributed by atoms with Gasteiger partial charge in [0.15, 0.2) is 11.6 Å². The molecule has 4 aromatic heterocycles. The number of hydrogen-bond donors (Lipinski definition) is 0. The number of nitrogens with zero attached hydrogens (tertiary/aromatic N) is 6. The van der Waals surface area contributed by atoms with Crippen molar-refractivity contribution in [2.75, 3.05) is 0 Å². The predicted molar refractivity (Wildman–Crippen MR) is 267 cm³/mol. The number of thiazole rings is 1. The Morgan fingerprint density at radius 1 is 0.477 bits per heavy atom. The second kappa shape index (κ2) is 15.1. The van der Waals surface area contributed by atoms with E-state index in [9.17, 15) is 0 Å². The maximum absolute atomic E-state index is 5.39. The van der Waals surface area contributed by atoms with Gasteiger partial charge in [-0.05, 0) is 84.2 Å². The van der Waals surface area contributed by atoms with Crippen LogP contribution in [0.15, 0.2) is 200 Å². The molecule has 304 valence electrons. The number of rotatable bonds is 7. The van der Waals surface area contributed by atoms with Crippen LogP contribution in [0.2, 0.25) is 0 Å². The Hall–Kier alpha value is -8.44. The molecule has 0 spiro atoms. The molecule has 0 radical (unpaired) electrons. The molecule has 65 heavy (non-hydrogen) atoms. The lowest BCUT2D eigenvalue weighted by atomic mass is 10.0. The van der Waals surface area contributed by atoms with E-state index in [0.29, 0.717) is 17.6 Å². The SMILES string of the molecule is C1=C=C(c2ccc(-c3nc(-c4ccc(-c5ccccc5)cc4)nc(-n4c5ccccc5c5ccc6c7ccccc7n(-c7ccc(-c8nc9c(s8)C=CCC9)cc7)c6c54)n3)cc2)C=CC=1. The Bertz CT molecular complexity index is 3870. The molecule has 0 amide bonds. The van der Waals surface area contributed by atoms with Crippen LogP contribution < -0.4 is 0 Å². The molecule has 4 heterocycles. The van der Waals surface area contributed by atoms with E-state index in [0.717, 1.165) is 101 Å². The van der Waals surface area contributed by atoms with Gasteiger partial charge in [-0.2, -0.15) is 9.97 Å². The zero-order valence-corrected chi connectivity index (χ0v) is 35.8. The number of benzene rings is 7. The Labute approximate surface area is 378 Å². The second-order valence-corrected chi connectivity index (χ2v) is 17.4. The maximum atomic E-state index is 5.39. The minimum Gasteiger partial charge on any atom is -0.307 e. The van der Waals surface area contributed by atoms with Gasteiger partial charge in [0.2, 0.25) is 5.95 Å². The smallest absolute Gasteiger partial charge is 0.238 e. The van der Waals surface area contributed by atoms with Crippen LogP contribution in [0.3, 0.4) is 0 Å². The number of aryl methyl sites for hydroxylation is 1. The second-order valence-electron chi connectivity index (χ2n) is 16.4. The molecule has 0 fully saturated rings. The predicted octanol–water partition coefficient (Wildman–Crippen LogP) is 14.4. The first-order valence-electron chi connectivity index (χ1n) is 21.9. The van der Waals surface area contributed by atoms with Crippen molar-refractivity contribution in [3.8, 4) is 56.1 Å². The van der Waals surface area contributed by atoms with Crippen LogP contribution >= 0.6 is 11.3 Å². The summed E-state index contributed by atoms with van der Waals surface area (Å²) in [6.45, 7) is 0. The van der Waals surface area contributed by atoms with E-state index in [1.807, 2.05) is 24.3 Å². The average molecular weight is 849 g/mol. The third kappa shape index (κ3) is 6.26. The molecule has 0 saturated heterocycles. The van der Waals surface area contributed by atoms with Crippen LogP contribution in [0.1, 0.15) is 22.6 Å². The fourth-order valence-electron chi connectivity index (χ4n) is 9.42. The lowest BCUT2D eigenvalue weighted by Crippen LogP contribution is -2.07. The van der Waals surface area contributed by atoms with Crippen LogP contribution in [0, 0.1) is 0 Å². The number of hydrogen-bond acceptors (Lipinski definition) is 5. The normalized spacial score (nSPS) is 13.1. The van der Waals surface area contributed by atoms with Crippen LogP contribution in [-0.4, -0.2) is 29.1 Å². The maximum Gasteiger partial charge on any atom is 0.238 e. The molecular formula is C58H36N6S. The van der Waals surface area contributed by atoms with E-state index >= 15 is 0 Å². The molecule has 13 rings (SSSR count). The van der Waals surface area contributed by atoms with Crippen molar-refractivity contribution in [3.63, 3.8) is 0 Å². The number of aromatic nitrogens is 6. The number of fused-ring (bicyclic) bond motifs is 8. The van der Waals surface area contributed by atoms with E-state index in [2.05, 4.69) is 190 Å². The molecule has 0 saturated carbocycles. The van der Waals surface area contributed by atoms with Crippen LogP contribution in [0.5, 0.6) is 0 Å². The molecule has 0 N–H and O–H groups in total. The summed E-state index contributed by atoms with van der Waals surface area (Å²) in [7, 11) is 0. The van der Waals surface area contributed by atoms with Gasteiger partial charge in [0, 0.05) is 49.5 Å². The topological polar surface area (TPSA) is 61.4 Å². The highest BCUT2D eigenvalue weighted by molar-refractivity contribution is 7.16. The first-order chi connectivity index (χ1) is 32.2. The first-order valence-corrected chi connectivity index (χ1v) is 22.7. The van der Waals surface area contributed by atoms with Crippen molar-refractivity contribution >= 4 is 66.6 Å². The highest BCUT2D eigenvalue weighted by Crippen LogP contribution is 2.42. The van der Waals surface area contributed by atoms with Crippen molar-refractivity contribution in [2.45, 2.75) is 12.8 Å². The molecule has 7 heteroatoms. The van der Waals surface area contributed by atoms with E-state index in [1.54, 1.807) is 11.3 Å². The van der Waals surface area contributed by atoms with E-state index < -0.39 is 0 Å². The average Bonchev–Trinajstić information content (AvgIpc) is 4.08. The van der Waals surface area contributed by atoms with Gasteiger partial charge in [0.1, 0.15) is 5.01 Å². The highest BCUT2D eigenvalue weighted by Gasteiger charge is 2.24. The lowest BCUT2D eigenvalue weighted by Gasteiger charge is -2.14. The molecule has 0 unspecified atom stereocenters. The Morgan fingerprint density at radius 2 is 1.06 bits per heavy atom. The van der Waals surface area contributed by atoms with Gasteiger partial charge < -0.3 is 4.57 Å². The Balaban J connectivity index is 1.05. The fourth-order valence-corrected chi connectivity index (χ4v) is 10.5. The molecule has 7 aromatic carbocycles. The molecule has 11 aromatic rings. The zero-order valence-electron chi connectivity index (χ0n) is 35.0. The first kappa shape index (κ1) is 37.1. The molecular weight excluding hydrogens is 813 g/mol. The third-order valence-electron chi connectivity index (χ3n) is 12.6. The van der Waals surface area contributed by atoms with Crippen molar-refractivity contribution < 1.29 is 0 Å². The summed E-state index contributed by atoms with van der Waals surface area (Å²) >= 11 is 1.77. The van der Waals surface area contributed by atoms with Gasteiger partial charge in [-0.3, -0.25) is 4.57 Å². The number of para-hydroxylation sites is 2. The summed E-state index contributed by atoms with van der Waals surface area (Å²) in [5, 5.41) is 5.62. The summed E-state index contributed by atoms with van der Waals surface area (Å²) in [6, 6.07) is 58.0. The van der Waals surface area contributed by atoms with Crippen LogP contribution in [0.25, 0.3) is 111 Å². The van der Waals surface area contributed by atoms with Gasteiger partial charge in [-0.25, -0.2) is 9.97 Å². The van der Waals surface area contributed by atoms with Gasteiger partial charge in [-0.15, -0.1) is 11.3 Å². The molecule has 6 nitrogen and oxygen atoms in total. The molecule has 0 atom stereocenters. The summed E-state index contributed by atoms with van der Waals surface area (Å²) in [6.07, 6.45) is 12.4. The van der Waals surface area contributed by atoms with Crippen molar-refractivity contribution in [3.05, 3.63) is 216 Å². The standard InChI is InChI=1S/C58H36N6S/c1-3-13-37(14-4-1)39-23-27-41(28-24-39)55-60-56(42-29-25-40(26-30-42)38-15-5-2-6-16-38)62-58(61-55)64-51-21-11-8-18-46(51)48-36-35-47-45-17-7-10-20-50(45)63(53(47)54(48)64)44-33-31-43(32-34-44)57-59-49-19-9-12-22-52(49)65-57/h1-5,7-8,10-15,17-18,20-36H,9,19H2. The number of allylic oxidation sites excluding steroid dienone is 5. The molecule has 2 aliphatic rings. The molecule has 2 aliphatic carbocycles. The Kier molecular flexibility index (Phi) is 8.64. The molecule has 0 aliphatic heterocycles. The van der Waals surface area contributed by atoms with Crippen LogP contribution in [-0.2, 0) is 6.42 Å². The van der Waals surface area contributed by atoms with Gasteiger partial charge in [-0.1, -0.05) is 151 Å². The highest BCUT2D eigenvalue weighted by atomic mass is 32.1. The zero-order chi connectivity index (χ0) is 42.8. The minimum atomic E-state index is 0.542. The monoisotopic (exact) mass is 848 g/mol. The van der Waals surface area contributed by atoms with Gasteiger partial charge in [0.25, 0.3) is 0 Å². The lowest BCUT2D eigenvalue weighted by molar-refractivity contribution is 0.947. The van der Waals surface area contributed by atoms with E-state index in [4.69, 9.17) is 19.9 Å². The largest absolute Gasteiger partial charge is 0.307 e. The molecule has 0 bridgehead atoms. The van der Waals surface area contributed by atoms with Crippen molar-refractivity contribution in [1.29, 1.82) is 0 Å². The van der Waals surface area contributed by atoms with Crippen LogP contribution in [0.4, 0.5) is 0 Å². The van der Waals surface area contributed by atoms with E-state index in [1.165, 1.54) is 16.0 Å². The minimum absolute atomic E-state index is 0.542. The third-order valence-corrected chi connectivity index (χ3v) is 13.7. The summed E-state index contributed by atoms with van der Waals surface area (Å²) in [5.41, 5.74) is 20.0. The van der Waals surface area contributed by atoms with E-state index in [-0.39, 0.29) is 0 Å². The summed E-state index contributed by atoms with van der Waals surface area (Å²) < 4.78 is 4.66. The summed E-state index contributed by atoms with van der Waals surface area (Å²) in [4.78, 5) is 22.3.